The number of hydrogen-bond acceptors (Lipinski definition) is 2. The molecule has 1 aromatic heterocycles. The van der Waals surface area contributed by atoms with Gasteiger partial charge in [0.15, 0.2) is 16.4 Å². The fraction of sp³-hybridized carbons (Fsp3) is 0.300. The molecule has 1 heterocycles. The van der Waals surface area contributed by atoms with Crippen LogP contribution in [0.25, 0.3) is 11.0 Å². The lowest BCUT2D eigenvalue weighted by Gasteiger charge is -2.04. The topological polar surface area (TPSA) is 29.9 Å². The SMILES string of the molecule is COCCn1c(=S)[nH]c2ccc(F)c(F)c21. The van der Waals surface area contributed by atoms with Crippen molar-refractivity contribution in [3.05, 3.63) is 28.5 Å². The van der Waals surface area contributed by atoms with Gasteiger partial charge in [-0.25, -0.2) is 8.78 Å². The minimum atomic E-state index is -0.888. The summed E-state index contributed by atoms with van der Waals surface area (Å²) in [5.41, 5.74) is 0.641. The average Bonchev–Trinajstić information content (AvgIpc) is 2.58. The highest BCUT2D eigenvalue weighted by atomic mass is 32.1. The number of imidazole rings is 1. The summed E-state index contributed by atoms with van der Waals surface area (Å²) in [6.45, 7) is 0.771. The van der Waals surface area contributed by atoms with Crippen molar-refractivity contribution in [2.24, 2.45) is 0 Å². The molecule has 0 amide bonds. The summed E-state index contributed by atoms with van der Waals surface area (Å²) in [5, 5.41) is 0. The molecule has 1 N–H and O–H groups in total. The first-order chi connectivity index (χ1) is 7.65. The maximum Gasteiger partial charge on any atom is 0.184 e. The molecule has 0 fully saturated rings. The van der Waals surface area contributed by atoms with Gasteiger partial charge in [-0.2, -0.15) is 0 Å². The van der Waals surface area contributed by atoms with E-state index in [4.69, 9.17) is 17.0 Å². The molecule has 0 aliphatic rings. The second-order valence-corrected chi connectivity index (χ2v) is 3.72. The van der Waals surface area contributed by atoms with Gasteiger partial charge in [-0.3, -0.25) is 0 Å². The Morgan fingerprint density at radius 3 is 2.88 bits per heavy atom. The maximum atomic E-state index is 13.6. The van der Waals surface area contributed by atoms with E-state index < -0.39 is 11.6 Å². The zero-order valence-corrected chi connectivity index (χ0v) is 9.41. The van der Waals surface area contributed by atoms with Crippen LogP contribution in [0.5, 0.6) is 0 Å². The minimum Gasteiger partial charge on any atom is -0.383 e. The van der Waals surface area contributed by atoms with Crippen molar-refractivity contribution in [3.63, 3.8) is 0 Å². The standard InChI is InChI=1S/C10H10F2N2OS/c1-15-5-4-14-9-7(13-10(14)16)3-2-6(11)8(9)12/h2-3H,4-5H2,1H3,(H,13,16). The van der Waals surface area contributed by atoms with Crippen molar-refractivity contribution in [1.29, 1.82) is 0 Å². The molecule has 3 nitrogen and oxygen atoms in total. The number of nitrogens with zero attached hydrogens (tertiary/aromatic N) is 1. The first kappa shape index (κ1) is 11.2. The number of rotatable bonds is 3. The Hall–Kier alpha value is -1.27. The van der Waals surface area contributed by atoms with Crippen LogP contribution in [-0.2, 0) is 11.3 Å². The molecule has 0 bridgehead atoms. The summed E-state index contributed by atoms with van der Waals surface area (Å²) >= 11 is 5.03. The molecule has 1 aromatic carbocycles. The highest BCUT2D eigenvalue weighted by Crippen LogP contribution is 2.20. The summed E-state index contributed by atoms with van der Waals surface area (Å²) < 4.78 is 33.4. The smallest absolute Gasteiger partial charge is 0.184 e. The Bertz CT molecular complexity index is 576. The average molecular weight is 244 g/mol. The number of aromatic amines is 1. The van der Waals surface area contributed by atoms with Crippen molar-refractivity contribution in [2.75, 3.05) is 13.7 Å². The third-order valence-electron chi connectivity index (χ3n) is 2.34. The number of halogens is 2. The lowest BCUT2D eigenvalue weighted by molar-refractivity contribution is 0.187. The van der Waals surface area contributed by atoms with Crippen LogP contribution < -0.4 is 0 Å². The Balaban J connectivity index is 2.66. The number of hydrogen-bond donors (Lipinski definition) is 1. The molecular weight excluding hydrogens is 234 g/mol. The van der Waals surface area contributed by atoms with E-state index in [2.05, 4.69) is 4.98 Å². The van der Waals surface area contributed by atoms with Gasteiger partial charge in [0, 0.05) is 13.7 Å². The number of ether oxygens (including phenoxy) is 1. The van der Waals surface area contributed by atoms with Gasteiger partial charge in [-0.05, 0) is 24.4 Å². The molecule has 0 aliphatic carbocycles. The fourth-order valence-corrected chi connectivity index (χ4v) is 1.88. The molecule has 0 radical (unpaired) electrons. The normalized spacial score (nSPS) is 11.2. The van der Waals surface area contributed by atoms with Gasteiger partial charge >= 0.3 is 0 Å². The van der Waals surface area contributed by atoms with E-state index in [9.17, 15) is 8.78 Å². The van der Waals surface area contributed by atoms with Gasteiger partial charge in [-0.15, -0.1) is 0 Å². The third-order valence-corrected chi connectivity index (χ3v) is 2.67. The van der Waals surface area contributed by atoms with E-state index in [0.717, 1.165) is 6.07 Å². The van der Waals surface area contributed by atoms with Crippen LogP contribution in [0.4, 0.5) is 8.78 Å². The number of H-pyrrole nitrogens is 1. The van der Waals surface area contributed by atoms with Gasteiger partial charge < -0.3 is 14.3 Å². The third kappa shape index (κ3) is 1.74. The molecular formula is C10H10F2N2OS. The van der Waals surface area contributed by atoms with Gasteiger partial charge in [-0.1, -0.05) is 0 Å². The summed E-state index contributed by atoms with van der Waals surface area (Å²) in [6.07, 6.45) is 0. The lowest BCUT2D eigenvalue weighted by atomic mass is 10.3. The highest BCUT2D eigenvalue weighted by molar-refractivity contribution is 7.71. The van der Waals surface area contributed by atoms with Gasteiger partial charge in [0.1, 0.15) is 5.52 Å². The van der Waals surface area contributed by atoms with Crippen LogP contribution in [-0.4, -0.2) is 23.3 Å². The number of methoxy groups -OCH3 is 1. The van der Waals surface area contributed by atoms with E-state index >= 15 is 0 Å². The molecule has 0 aliphatic heterocycles. The molecule has 0 saturated carbocycles. The minimum absolute atomic E-state index is 0.155. The Kier molecular flexibility index (Phi) is 3.02. The molecule has 2 aromatic rings. The maximum absolute atomic E-state index is 13.6. The van der Waals surface area contributed by atoms with Gasteiger partial charge in [0.2, 0.25) is 0 Å². The predicted octanol–water partition coefficient (Wildman–Crippen LogP) is 2.62. The van der Waals surface area contributed by atoms with E-state index in [1.165, 1.54) is 17.7 Å². The van der Waals surface area contributed by atoms with E-state index in [1.807, 2.05) is 0 Å². The quantitative estimate of drug-likeness (QED) is 0.841. The van der Waals surface area contributed by atoms with Crippen molar-refractivity contribution in [3.8, 4) is 0 Å². The summed E-state index contributed by atoms with van der Waals surface area (Å²) in [4.78, 5) is 2.82. The molecule has 6 heteroatoms. The monoisotopic (exact) mass is 244 g/mol. The molecule has 86 valence electrons. The molecule has 0 saturated heterocycles. The summed E-state index contributed by atoms with van der Waals surface area (Å²) in [7, 11) is 1.54. The molecule has 2 rings (SSSR count). The van der Waals surface area contributed by atoms with Crippen molar-refractivity contribution >= 4 is 23.3 Å². The highest BCUT2D eigenvalue weighted by Gasteiger charge is 2.13. The number of benzene rings is 1. The molecule has 0 unspecified atom stereocenters. The number of aromatic nitrogens is 2. The number of nitrogens with one attached hydrogen (secondary N) is 1. The first-order valence-corrected chi connectivity index (χ1v) is 5.11. The summed E-state index contributed by atoms with van der Waals surface area (Å²) in [5.74, 6) is -1.77. The second kappa shape index (κ2) is 4.31. The van der Waals surface area contributed by atoms with Crippen LogP contribution in [0, 0.1) is 16.4 Å². The first-order valence-electron chi connectivity index (χ1n) is 4.70. The van der Waals surface area contributed by atoms with Crippen molar-refractivity contribution in [1.82, 2.24) is 9.55 Å². The van der Waals surface area contributed by atoms with Crippen LogP contribution in [0.15, 0.2) is 12.1 Å². The predicted molar refractivity (Wildman–Crippen MR) is 58.9 cm³/mol. The van der Waals surface area contributed by atoms with Crippen LogP contribution in [0.1, 0.15) is 0 Å². The van der Waals surface area contributed by atoms with Gasteiger partial charge in [0.25, 0.3) is 0 Å². The Morgan fingerprint density at radius 1 is 1.44 bits per heavy atom. The van der Waals surface area contributed by atoms with E-state index in [0.29, 0.717) is 23.4 Å². The lowest BCUT2D eigenvalue weighted by Crippen LogP contribution is -2.05. The van der Waals surface area contributed by atoms with Crippen molar-refractivity contribution in [2.45, 2.75) is 6.54 Å². The zero-order chi connectivity index (χ0) is 11.7. The van der Waals surface area contributed by atoms with Crippen LogP contribution in [0.3, 0.4) is 0 Å². The number of fused-ring (bicyclic) bond motifs is 1. The fourth-order valence-electron chi connectivity index (χ4n) is 1.58. The zero-order valence-electron chi connectivity index (χ0n) is 8.59. The van der Waals surface area contributed by atoms with E-state index in [1.54, 1.807) is 0 Å². The molecule has 0 spiro atoms. The Morgan fingerprint density at radius 2 is 2.19 bits per heavy atom. The largest absolute Gasteiger partial charge is 0.383 e. The summed E-state index contributed by atoms with van der Waals surface area (Å²) in [6, 6.07) is 2.54. The second-order valence-electron chi connectivity index (χ2n) is 3.33. The van der Waals surface area contributed by atoms with Gasteiger partial charge in [0.05, 0.1) is 12.1 Å². The molecule has 16 heavy (non-hydrogen) atoms. The van der Waals surface area contributed by atoms with E-state index in [-0.39, 0.29) is 5.52 Å². The molecule has 0 atom stereocenters. The van der Waals surface area contributed by atoms with Crippen LogP contribution in [0.2, 0.25) is 0 Å². The Labute approximate surface area is 95.7 Å². The van der Waals surface area contributed by atoms with Crippen molar-refractivity contribution < 1.29 is 13.5 Å². The van der Waals surface area contributed by atoms with Crippen LogP contribution >= 0.6 is 12.2 Å².